The first-order chi connectivity index (χ1) is 17.2. The van der Waals surface area contributed by atoms with Crippen LogP contribution in [0.3, 0.4) is 0 Å². The maximum atomic E-state index is 14.7. The Bertz CT molecular complexity index is 999. The van der Waals surface area contributed by atoms with Crippen molar-refractivity contribution in [2.75, 3.05) is 26.3 Å². The van der Waals surface area contributed by atoms with Crippen LogP contribution in [-0.4, -0.2) is 44.4 Å². The van der Waals surface area contributed by atoms with E-state index in [0.717, 1.165) is 51.8 Å². The first-order valence-corrected chi connectivity index (χ1v) is 13.3. The molecule has 2 saturated heterocycles. The molecule has 5 rings (SSSR count). The summed E-state index contributed by atoms with van der Waals surface area (Å²) in [4.78, 5) is 13.2. The number of aryl methyl sites for hydroxylation is 1. The topological polar surface area (TPSA) is 59.6 Å². The number of carbonyl (C=O) groups excluding carboxylic acids is 1. The lowest BCUT2D eigenvalue weighted by Gasteiger charge is -2.36. The van der Waals surface area contributed by atoms with Gasteiger partial charge in [-0.1, -0.05) is 30.7 Å². The van der Waals surface area contributed by atoms with Crippen LogP contribution >= 0.6 is 0 Å². The van der Waals surface area contributed by atoms with E-state index in [1.54, 1.807) is 12.1 Å². The number of ether oxygens (including phenoxy) is 2. The second-order valence-electron chi connectivity index (χ2n) is 10.3. The van der Waals surface area contributed by atoms with Crippen molar-refractivity contribution >= 4 is 5.91 Å². The summed E-state index contributed by atoms with van der Waals surface area (Å²) in [5.74, 6) is 0.314. The molecule has 4 atom stereocenters. The van der Waals surface area contributed by atoms with Crippen LogP contribution in [0.25, 0.3) is 0 Å². The van der Waals surface area contributed by atoms with E-state index < -0.39 is 5.82 Å². The second kappa shape index (κ2) is 11.5. The summed E-state index contributed by atoms with van der Waals surface area (Å²) in [6.45, 7) is 3.20. The van der Waals surface area contributed by atoms with E-state index in [-0.39, 0.29) is 29.7 Å². The number of fused-ring (bicyclic) bond motifs is 1. The first-order valence-electron chi connectivity index (χ1n) is 13.3. The van der Waals surface area contributed by atoms with Gasteiger partial charge in [-0.2, -0.15) is 0 Å². The van der Waals surface area contributed by atoms with E-state index in [9.17, 15) is 9.18 Å². The summed E-state index contributed by atoms with van der Waals surface area (Å²) >= 11 is 0. The van der Waals surface area contributed by atoms with Gasteiger partial charge in [0, 0.05) is 24.1 Å². The molecule has 0 saturated carbocycles. The van der Waals surface area contributed by atoms with Gasteiger partial charge in [-0.15, -0.1) is 0 Å². The Labute approximate surface area is 207 Å². The molecular formula is C29H37FN2O3. The summed E-state index contributed by atoms with van der Waals surface area (Å²) in [5.41, 5.74) is 3.08. The summed E-state index contributed by atoms with van der Waals surface area (Å²) in [6.07, 6.45) is 8.59. The van der Waals surface area contributed by atoms with Gasteiger partial charge in [-0.05, 0) is 93.3 Å². The average molecular weight is 481 g/mol. The van der Waals surface area contributed by atoms with E-state index in [0.29, 0.717) is 18.1 Å². The molecule has 2 unspecified atom stereocenters. The molecule has 2 aliphatic heterocycles. The van der Waals surface area contributed by atoms with Crippen molar-refractivity contribution in [2.24, 2.45) is 5.92 Å². The number of benzene rings is 2. The Hall–Kier alpha value is -2.44. The van der Waals surface area contributed by atoms with Crippen molar-refractivity contribution in [2.45, 2.75) is 69.4 Å². The Morgan fingerprint density at radius 2 is 2.03 bits per heavy atom. The molecule has 0 spiro atoms. The molecule has 188 valence electrons. The fraction of sp³-hybridized carbons (Fsp3) is 0.552. The van der Waals surface area contributed by atoms with Crippen molar-refractivity contribution in [3.63, 3.8) is 0 Å². The lowest BCUT2D eigenvalue weighted by Crippen LogP contribution is -2.43. The summed E-state index contributed by atoms with van der Waals surface area (Å²) in [7, 11) is 0. The monoisotopic (exact) mass is 480 g/mol. The Morgan fingerprint density at radius 1 is 1.11 bits per heavy atom. The molecule has 2 aromatic carbocycles. The second-order valence-corrected chi connectivity index (χ2v) is 10.3. The largest absolute Gasteiger partial charge is 0.488 e. The van der Waals surface area contributed by atoms with Gasteiger partial charge in [0.05, 0.1) is 6.10 Å². The zero-order chi connectivity index (χ0) is 24.0. The van der Waals surface area contributed by atoms with Gasteiger partial charge in [0.2, 0.25) is 0 Å². The summed E-state index contributed by atoms with van der Waals surface area (Å²) in [5, 5.41) is 6.85. The molecular weight excluding hydrogens is 443 g/mol. The van der Waals surface area contributed by atoms with E-state index in [2.05, 4.69) is 34.9 Å². The Kier molecular flexibility index (Phi) is 7.99. The van der Waals surface area contributed by atoms with E-state index >= 15 is 0 Å². The fourth-order valence-electron chi connectivity index (χ4n) is 5.94. The minimum absolute atomic E-state index is 0.0205. The highest BCUT2D eigenvalue weighted by atomic mass is 19.1. The lowest BCUT2D eigenvalue weighted by molar-refractivity contribution is 0.0665. The molecule has 0 aromatic heterocycles. The van der Waals surface area contributed by atoms with Gasteiger partial charge in [0.15, 0.2) is 11.6 Å². The van der Waals surface area contributed by atoms with Crippen LogP contribution in [-0.2, 0) is 11.2 Å². The first kappa shape index (κ1) is 24.3. The van der Waals surface area contributed by atoms with Gasteiger partial charge in [0.25, 0.3) is 5.91 Å². The van der Waals surface area contributed by atoms with Gasteiger partial charge >= 0.3 is 0 Å². The minimum Gasteiger partial charge on any atom is -0.488 e. The lowest BCUT2D eigenvalue weighted by atomic mass is 9.74. The molecule has 1 amide bonds. The van der Waals surface area contributed by atoms with Crippen LogP contribution in [0.2, 0.25) is 0 Å². The molecule has 2 aromatic rings. The highest BCUT2D eigenvalue weighted by molar-refractivity contribution is 5.94. The van der Waals surface area contributed by atoms with Crippen molar-refractivity contribution in [3.05, 3.63) is 65.0 Å². The fourth-order valence-corrected chi connectivity index (χ4v) is 5.94. The molecule has 2 fully saturated rings. The Morgan fingerprint density at radius 3 is 2.89 bits per heavy atom. The summed E-state index contributed by atoms with van der Waals surface area (Å²) in [6, 6.07) is 13.2. The van der Waals surface area contributed by atoms with E-state index in [1.165, 1.54) is 36.5 Å². The number of amides is 1. The average Bonchev–Trinajstić information content (AvgIpc) is 3.27. The van der Waals surface area contributed by atoms with Crippen LogP contribution in [0, 0.1) is 11.7 Å². The third-order valence-electron chi connectivity index (χ3n) is 7.86. The van der Waals surface area contributed by atoms with Crippen LogP contribution < -0.4 is 15.4 Å². The van der Waals surface area contributed by atoms with Gasteiger partial charge in [0.1, 0.15) is 6.61 Å². The summed E-state index contributed by atoms with van der Waals surface area (Å²) < 4.78 is 25.9. The molecule has 0 radical (unpaired) electrons. The predicted octanol–water partition coefficient (Wildman–Crippen LogP) is 4.99. The van der Waals surface area contributed by atoms with Crippen LogP contribution in [0.1, 0.15) is 72.3 Å². The van der Waals surface area contributed by atoms with Crippen molar-refractivity contribution < 1.29 is 18.7 Å². The van der Waals surface area contributed by atoms with Crippen molar-refractivity contribution in [1.29, 1.82) is 0 Å². The normalized spacial score (nSPS) is 26.5. The number of nitrogens with one attached hydrogen (secondary N) is 2. The zero-order valence-corrected chi connectivity index (χ0v) is 20.4. The number of rotatable bonds is 7. The third kappa shape index (κ3) is 6.04. The number of hydrogen-bond donors (Lipinski definition) is 2. The smallest absolute Gasteiger partial charge is 0.251 e. The van der Waals surface area contributed by atoms with Crippen molar-refractivity contribution in [1.82, 2.24) is 10.6 Å². The maximum absolute atomic E-state index is 14.7. The third-order valence-corrected chi connectivity index (χ3v) is 7.86. The molecule has 3 aliphatic rings. The van der Waals surface area contributed by atoms with Gasteiger partial charge < -0.3 is 20.1 Å². The molecule has 1 aliphatic carbocycles. The van der Waals surface area contributed by atoms with Crippen molar-refractivity contribution in [3.8, 4) is 5.75 Å². The molecule has 5 nitrogen and oxygen atoms in total. The quantitative estimate of drug-likeness (QED) is 0.586. The van der Waals surface area contributed by atoms with E-state index in [1.807, 2.05) is 0 Å². The molecule has 35 heavy (non-hydrogen) atoms. The minimum atomic E-state index is -0.509. The number of carbonyl (C=O) groups is 1. The van der Waals surface area contributed by atoms with Crippen LogP contribution in [0.5, 0.6) is 5.75 Å². The highest BCUT2D eigenvalue weighted by Crippen LogP contribution is 2.38. The predicted molar refractivity (Wildman–Crippen MR) is 134 cm³/mol. The zero-order valence-electron chi connectivity index (χ0n) is 20.4. The number of hydrogen-bond acceptors (Lipinski definition) is 4. The molecule has 6 heteroatoms. The maximum Gasteiger partial charge on any atom is 0.251 e. The van der Waals surface area contributed by atoms with Gasteiger partial charge in [-0.25, -0.2) is 4.39 Å². The SMILES string of the molecule is O=C(NC1CCc2ccccc2[C@@H]1CC1CCCCNC1)c1ccc(OC[C@@H]2CCCO2)c(F)c1. The van der Waals surface area contributed by atoms with Gasteiger partial charge in [-0.3, -0.25) is 4.79 Å². The highest BCUT2D eigenvalue weighted by Gasteiger charge is 2.33. The molecule has 2 N–H and O–H groups in total. The van der Waals surface area contributed by atoms with Crippen LogP contribution in [0.4, 0.5) is 4.39 Å². The van der Waals surface area contributed by atoms with E-state index in [4.69, 9.17) is 9.47 Å². The number of halogens is 1. The molecule has 2 heterocycles. The Balaban J connectivity index is 1.27. The van der Waals surface area contributed by atoms with Crippen LogP contribution in [0.15, 0.2) is 42.5 Å². The standard InChI is InChI=1S/C29H37FN2O3/c30-26-17-22(11-13-28(26)35-19-23-8-5-15-34-23)29(33)32-27-12-10-21-7-1-2-9-24(21)25(27)16-20-6-3-4-14-31-18-20/h1-2,7,9,11,13,17,20,23,25,27,31H,3-6,8,10,12,14-16,18-19H2,(H,32,33)/t20?,23-,25-,27?/m0/s1. The molecule has 0 bridgehead atoms.